The molecule has 1 aliphatic rings. The number of hydrogen-bond acceptors (Lipinski definition) is 5. The van der Waals surface area contributed by atoms with E-state index in [1.165, 1.54) is 0 Å². The number of pyridine rings is 1. The van der Waals surface area contributed by atoms with E-state index in [0.29, 0.717) is 48.0 Å². The van der Waals surface area contributed by atoms with Crippen LogP contribution in [0.5, 0.6) is 0 Å². The van der Waals surface area contributed by atoms with Gasteiger partial charge < -0.3 is 20.5 Å². The number of aryl methyl sites for hydroxylation is 2. The Morgan fingerprint density at radius 2 is 2.21 bits per heavy atom. The predicted octanol–water partition coefficient (Wildman–Crippen LogP) is 1.48. The van der Waals surface area contributed by atoms with Crippen molar-refractivity contribution in [1.82, 2.24) is 25.0 Å². The monoisotopic (exact) mass is 394 g/mol. The Hall–Kier alpha value is -3.13. The van der Waals surface area contributed by atoms with Crippen molar-refractivity contribution in [2.45, 2.75) is 26.3 Å². The van der Waals surface area contributed by atoms with Gasteiger partial charge in [0.2, 0.25) is 0 Å². The van der Waals surface area contributed by atoms with Gasteiger partial charge in [0, 0.05) is 42.8 Å². The van der Waals surface area contributed by atoms with Crippen LogP contribution in [0.4, 0.5) is 0 Å². The van der Waals surface area contributed by atoms with Crippen molar-refractivity contribution in [3.05, 3.63) is 52.1 Å². The van der Waals surface area contributed by atoms with Gasteiger partial charge in [-0.3, -0.25) is 14.7 Å². The van der Waals surface area contributed by atoms with Crippen LogP contribution < -0.4 is 16.6 Å². The van der Waals surface area contributed by atoms with E-state index in [-0.39, 0.29) is 11.5 Å². The fraction of sp³-hybridized carbons (Fsp3) is 0.381. The van der Waals surface area contributed by atoms with Crippen molar-refractivity contribution in [3.63, 3.8) is 0 Å². The van der Waals surface area contributed by atoms with E-state index in [1.54, 1.807) is 16.7 Å². The molecule has 4 rings (SSSR count). The number of H-pyrrole nitrogens is 1. The van der Waals surface area contributed by atoms with Crippen LogP contribution in [0.1, 0.15) is 28.9 Å². The summed E-state index contributed by atoms with van der Waals surface area (Å²) in [7, 11) is 0. The molecular formula is C21H26N6O2. The van der Waals surface area contributed by atoms with Crippen molar-refractivity contribution in [1.29, 1.82) is 0 Å². The molecule has 1 amide bonds. The number of nitrogens with zero attached hydrogens (tertiary/aromatic N) is 3. The smallest absolute Gasteiger partial charge is 0.262 e. The lowest BCUT2D eigenvalue weighted by atomic mass is 10.1. The lowest BCUT2D eigenvalue weighted by molar-refractivity contribution is 0.0951. The summed E-state index contributed by atoms with van der Waals surface area (Å²) >= 11 is 0. The second-order valence-electron chi connectivity index (χ2n) is 7.37. The normalized spacial score (nSPS) is 13.7. The molecular weight excluding hydrogens is 368 g/mol. The molecule has 0 aliphatic carbocycles. The molecule has 4 N–H and O–H groups in total. The Morgan fingerprint density at radius 3 is 2.97 bits per heavy atom. The molecule has 0 atom stereocenters. The first-order valence-electron chi connectivity index (χ1n) is 10.0. The summed E-state index contributed by atoms with van der Waals surface area (Å²) in [6.07, 6.45) is 5.93. The third-order valence-corrected chi connectivity index (χ3v) is 5.38. The molecule has 152 valence electrons. The number of benzene rings is 1. The van der Waals surface area contributed by atoms with E-state index in [2.05, 4.69) is 32.7 Å². The third kappa shape index (κ3) is 3.63. The van der Waals surface area contributed by atoms with E-state index in [4.69, 9.17) is 5.73 Å². The van der Waals surface area contributed by atoms with E-state index >= 15 is 0 Å². The zero-order chi connectivity index (χ0) is 20.4. The molecule has 0 unspecified atom stereocenters. The zero-order valence-electron chi connectivity index (χ0n) is 16.6. The highest BCUT2D eigenvalue weighted by molar-refractivity contribution is 6.06. The van der Waals surface area contributed by atoms with Gasteiger partial charge in [0.1, 0.15) is 5.52 Å². The Kier molecular flexibility index (Phi) is 5.35. The number of carbonyl (C=O) groups excluding carboxylic acids is 1. The first kappa shape index (κ1) is 19.2. The zero-order valence-corrected chi connectivity index (χ0v) is 16.6. The van der Waals surface area contributed by atoms with Crippen molar-refractivity contribution < 1.29 is 4.79 Å². The number of nitrogens with one attached hydrogen (secondary N) is 2. The molecule has 0 saturated carbocycles. The van der Waals surface area contributed by atoms with Gasteiger partial charge in [-0.1, -0.05) is 6.08 Å². The summed E-state index contributed by atoms with van der Waals surface area (Å²) < 4.78 is 1.71. The minimum Gasteiger partial charge on any atom is -0.376 e. The number of rotatable bonds is 7. The molecule has 0 saturated heterocycles. The quantitative estimate of drug-likeness (QED) is 0.562. The molecule has 1 aromatic carbocycles. The van der Waals surface area contributed by atoms with Crippen molar-refractivity contribution in [2.75, 3.05) is 26.2 Å². The Bertz CT molecular complexity index is 1140. The number of amides is 1. The molecule has 0 fully saturated rings. The van der Waals surface area contributed by atoms with Gasteiger partial charge in [0.05, 0.1) is 10.9 Å². The lowest BCUT2D eigenvalue weighted by Gasteiger charge is -2.16. The topological polar surface area (TPSA) is 109 Å². The SMILES string of the molecule is Cc1[nH]nc2c1c(=O)n(CCCN)c1cc(C(=O)NCCN3C=CCC3)ccc21. The maximum absolute atomic E-state index is 13.1. The number of carbonyl (C=O) groups is 1. The number of nitrogens with two attached hydrogens (primary N) is 1. The fourth-order valence-electron chi connectivity index (χ4n) is 3.84. The largest absolute Gasteiger partial charge is 0.376 e. The Labute approximate surface area is 168 Å². The minimum atomic E-state index is -0.147. The number of hydrogen-bond donors (Lipinski definition) is 3. The summed E-state index contributed by atoms with van der Waals surface area (Å²) in [5.74, 6) is -0.147. The maximum atomic E-state index is 13.1. The molecule has 0 spiro atoms. The van der Waals surface area contributed by atoms with Crippen molar-refractivity contribution in [3.8, 4) is 0 Å². The first-order valence-corrected chi connectivity index (χ1v) is 10.0. The molecule has 8 heteroatoms. The Morgan fingerprint density at radius 1 is 1.34 bits per heavy atom. The molecule has 8 nitrogen and oxygen atoms in total. The summed E-state index contributed by atoms with van der Waals surface area (Å²) in [5.41, 5.74) is 8.18. The summed E-state index contributed by atoms with van der Waals surface area (Å²) in [5, 5.41) is 11.6. The average Bonchev–Trinajstić information content (AvgIpc) is 3.37. The number of fused-ring (bicyclic) bond motifs is 3. The van der Waals surface area contributed by atoms with Crippen LogP contribution >= 0.6 is 0 Å². The van der Waals surface area contributed by atoms with Crippen LogP contribution in [0, 0.1) is 6.92 Å². The molecule has 3 aromatic rings. The molecule has 1 aliphatic heterocycles. The van der Waals surface area contributed by atoms with Gasteiger partial charge in [0.15, 0.2) is 0 Å². The van der Waals surface area contributed by atoms with Gasteiger partial charge in [0.25, 0.3) is 11.5 Å². The van der Waals surface area contributed by atoms with E-state index in [1.807, 2.05) is 13.0 Å². The van der Waals surface area contributed by atoms with Gasteiger partial charge in [-0.05, 0) is 50.7 Å². The molecule has 2 aromatic heterocycles. The van der Waals surface area contributed by atoms with Crippen molar-refractivity contribution in [2.24, 2.45) is 5.73 Å². The summed E-state index contributed by atoms with van der Waals surface area (Å²) in [4.78, 5) is 27.9. The van der Waals surface area contributed by atoms with E-state index in [0.717, 1.165) is 30.6 Å². The highest BCUT2D eigenvalue weighted by atomic mass is 16.1. The second kappa shape index (κ2) is 8.08. The predicted molar refractivity (Wildman–Crippen MR) is 114 cm³/mol. The second-order valence-corrected chi connectivity index (χ2v) is 7.37. The highest BCUT2D eigenvalue weighted by Crippen LogP contribution is 2.24. The number of aromatic nitrogens is 3. The van der Waals surface area contributed by atoms with Gasteiger partial charge in [-0.15, -0.1) is 0 Å². The maximum Gasteiger partial charge on any atom is 0.262 e. The van der Waals surface area contributed by atoms with E-state index in [9.17, 15) is 9.59 Å². The van der Waals surface area contributed by atoms with Crippen LogP contribution in [0.15, 0.2) is 35.3 Å². The van der Waals surface area contributed by atoms with Crippen LogP contribution in [0.3, 0.4) is 0 Å². The van der Waals surface area contributed by atoms with Crippen LogP contribution in [0.2, 0.25) is 0 Å². The van der Waals surface area contributed by atoms with Gasteiger partial charge in [-0.2, -0.15) is 5.10 Å². The van der Waals surface area contributed by atoms with Crippen LogP contribution in [-0.2, 0) is 6.54 Å². The minimum absolute atomic E-state index is 0.106. The highest BCUT2D eigenvalue weighted by Gasteiger charge is 2.17. The first-order chi connectivity index (χ1) is 14.1. The average molecular weight is 394 g/mol. The number of aromatic amines is 1. The third-order valence-electron chi connectivity index (χ3n) is 5.38. The van der Waals surface area contributed by atoms with Gasteiger partial charge >= 0.3 is 0 Å². The van der Waals surface area contributed by atoms with Crippen LogP contribution in [-0.4, -0.2) is 51.8 Å². The lowest BCUT2D eigenvalue weighted by Crippen LogP contribution is -2.32. The standard InChI is InChI=1S/C21H26N6O2/c1-14-18-19(25-24-14)16-6-5-15(13-17(16)27(21(18)29)11-4-7-22)20(28)23-8-12-26-9-2-3-10-26/h2,5-6,9,13H,3-4,7-8,10-12,22H2,1H3,(H,23,28)(H,24,25). The molecule has 3 heterocycles. The molecule has 0 bridgehead atoms. The van der Waals surface area contributed by atoms with Gasteiger partial charge in [-0.25, -0.2) is 0 Å². The fourth-order valence-corrected chi connectivity index (χ4v) is 3.84. The summed E-state index contributed by atoms with van der Waals surface area (Å²) in [6.45, 7) is 5.18. The molecule has 0 radical (unpaired) electrons. The van der Waals surface area contributed by atoms with Crippen LogP contribution in [0.25, 0.3) is 21.8 Å². The Balaban J connectivity index is 1.68. The molecule has 29 heavy (non-hydrogen) atoms. The van der Waals surface area contributed by atoms with E-state index < -0.39 is 0 Å². The van der Waals surface area contributed by atoms with Crippen molar-refractivity contribution >= 4 is 27.7 Å². The summed E-state index contributed by atoms with van der Waals surface area (Å²) in [6, 6.07) is 5.44.